The highest BCUT2D eigenvalue weighted by Crippen LogP contribution is 2.16. The van der Waals surface area contributed by atoms with Crippen LogP contribution in [0, 0.1) is 0 Å². The van der Waals surface area contributed by atoms with Gasteiger partial charge in [-0.1, -0.05) is 19.1 Å². The lowest BCUT2D eigenvalue weighted by Crippen LogP contribution is -2.46. The fraction of sp³-hybridized carbons (Fsp3) is 0.417. The number of likely N-dealkylation sites (N-methyl/N-ethyl adjacent to an activating group) is 1. The van der Waals surface area contributed by atoms with Crippen LogP contribution in [0.15, 0.2) is 24.3 Å². The standard InChI is InChI=1S/C12H19N3O/c1-4-10-5-7-11(8-6-10)15(3)9(2)12(16)14-13/h5-9H,4,13H2,1-3H3,(H,14,16). The van der Waals surface area contributed by atoms with Crippen LogP contribution in [0.25, 0.3) is 0 Å². The van der Waals surface area contributed by atoms with Crippen LogP contribution in [-0.4, -0.2) is 19.0 Å². The Hall–Kier alpha value is -1.55. The Labute approximate surface area is 96.4 Å². The zero-order valence-electron chi connectivity index (χ0n) is 10.0. The molecule has 0 spiro atoms. The third-order valence-electron chi connectivity index (χ3n) is 2.85. The molecule has 16 heavy (non-hydrogen) atoms. The molecule has 0 aromatic heterocycles. The number of aryl methyl sites for hydroxylation is 1. The van der Waals surface area contributed by atoms with E-state index in [1.165, 1.54) is 5.56 Å². The van der Waals surface area contributed by atoms with E-state index in [1.807, 2.05) is 31.0 Å². The molecule has 1 rings (SSSR count). The van der Waals surface area contributed by atoms with Gasteiger partial charge in [-0.15, -0.1) is 0 Å². The number of nitrogens with one attached hydrogen (secondary N) is 1. The molecular weight excluding hydrogens is 202 g/mol. The van der Waals surface area contributed by atoms with Gasteiger partial charge in [-0.05, 0) is 31.0 Å². The molecule has 0 heterocycles. The number of hydrogen-bond donors (Lipinski definition) is 2. The van der Waals surface area contributed by atoms with Gasteiger partial charge < -0.3 is 4.90 Å². The number of benzene rings is 1. The minimum Gasteiger partial charge on any atom is -0.363 e. The third kappa shape index (κ3) is 2.73. The molecule has 1 unspecified atom stereocenters. The number of anilines is 1. The van der Waals surface area contributed by atoms with Gasteiger partial charge in [0.2, 0.25) is 0 Å². The Kier molecular flexibility index (Phi) is 4.31. The quantitative estimate of drug-likeness (QED) is 0.454. The number of hydrogen-bond acceptors (Lipinski definition) is 3. The van der Waals surface area contributed by atoms with Crippen LogP contribution in [0.2, 0.25) is 0 Å². The largest absolute Gasteiger partial charge is 0.363 e. The van der Waals surface area contributed by atoms with E-state index in [0.29, 0.717) is 0 Å². The minimum absolute atomic E-state index is 0.193. The molecule has 3 N–H and O–H groups in total. The van der Waals surface area contributed by atoms with Gasteiger partial charge >= 0.3 is 0 Å². The first-order valence-electron chi connectivity index (χ1n) is 5.42. The topological polar surface area (TPSA) is 58.4 Å². The number of rotatable bonds is 4. The molecule has 1 aromatic rings. The minimum atomic E-state index is -0.280. The Morgan fingerprint density at radius 1 is 1.44 bits per heavy atom. The Morgan fingerprint density at radius 3 is 2.44 bits per heavy atom. The van der Waals surface area contributed by atoms with Crippen LogP contribution in [0.4, 0.5) is 5.69 Å². The first kappa shape index (κ1) is 12.5. The Bertz CT molecular complexity index is 348. The van der Waals surface area contributed by atoms with E-state index < -0.39 is 0 Å². The van der Waals surface area contributed by atoms with Gasteiger partial charge in [-0.25, -0.2) is 5.84 Å². The van der Waals surface area contributed by atoms with Crippen LogP contribution < -0.4 is 16.2 Å². The van der Waals surface area contributed by atoms with E-state index in [1.54, 1.807) is 0 Å². The summed E-state index contributed by atoms with van der Waals surface area (Å²) in [6, 6.07) is 7.88. The maximum absolute atomic E-state index is 11.4. The van der Waals surface area contributed by atoms with Crippen molar-refractivity contribution in [3.63, 3.8) is 0 Å². The predicted molar refractivity (Wildman–Crippen MR) is 66.0 cm³/mol. The van der Waals surface area contributed by atoms with Crippen LogP contribution in [-0.2, 0) is 11.2 Å². The number of nitrogens with zero attached hydrogens (tertiary/aromatic N) is 1. The van der Waals surface area contributed by atoms with E-state index in [0.717, 1.165) is 12.1 Å². The molecule has 0 bridgehead atoms. The molecule has 0 saturated heterocycles. The SMILES string of the molecule is CCc1ccc(N(C)C(C)C(=O)NN)cc1. The van der Waals surface area contributed by atoms with Gasteiger partial charge in [0.05, 0.1) is 0 Å². The molecular formula is C12H19N3O. The van der Waals surface area contributed by atoms with Gasteiger partial charge in [-0.3, -0.25) is 10.2 Å². The zero-order valence-corrected chi connectivity index (χ0v) is 10.0. The van der Waals surface area contributed by atoms with Crippen LogP contribution in [0.5, 0.6) is 0 Å². The second-order valence-electron chi connectivity index (χ2n) is 3.82. The van der Waals surface area contributed by atoms with Gasteiger partial charge in [0.15, 0.2) is 0 Å². The zero-order chi connectivity index (χ0) is 12.1. The number of amides is 1. The second kappa shape index (κ2) is 5.51. The van der Waals surface area contributed by atoms with Crippen molar-refractivity contribution in [2.45, 2.75) is 26.3 Å². The first-order valence-corrected chi connectivity index (χ1v) is 5.42. The average Bonchev–Trinajstić information content (AvgIpc) is 2.36. The van der Waals surface area contributed by atoms with Crippen molar-refractivity contribution in [3.8, 4) is 0 Å². The Morgan fingerprint density at radius 2 is 2.00 bits per heavy atom. The fourth-order valence-corrected chi connectivity index (χ4v) is 1.49. The highest BCUT2D eigenvalue weighted by atomic mass is 16.2. The fourth-order valence-electron chi connectivity index (χ4n) is 1.49. The summed E-state index contributed by atoms with van der Waals surface area (Å²) in [7, 11) is 1.88. The molecule has 0 aliphatic heterocycles. The van der Waals surface area contributed by atoms with Gasteiger partial charge in [0, 0.05) is 12.7 Å². The highest BCUT2D eigenvalue weighted by molar-refractivity contribution is 5.84. The van der Waals surface area contributed by atoms with Crippen molar-refractivity contribution in [2.75, 3.05) is 11.9 Å². The summed E-state index contributed by atoms with van der Waals surface area (Å²) < 4.78 is 0. The summed E-state index contributed by atoms with van der Waals surface area (Å²) in [5.74, 6) is 4.92. The molecule has 0 aliphatic rings. The number of carbonyl (C=O) groups excluding carboxylic acids is 1. The number of hydrazine groups is 1. The molecule has 1 amide bonds. The van der Waals surface area contributed by atoms with Crippen LogP contribution >= 0.6 is 0 Å². The van der Waals surface area contributed by atoms with E-state index in [2.05, 4.69) is 24.5 Å². The van der Waals surface area contributed by atoms with Crippen LogP contribution in [0.3, 0.4) is 0 Å². The molecule has 88 valence electrons. The maximum atomic E-state index is 11.4. The molecule has 0 radical (unpaired) electrons. The molecule has 1 aromatic carbocycles. The predicted octanol–water partition coefficient (Wildman–Crippen LogP) is 1.06. The van der Waals surface area contributed by atoms with Gasteiger partial charge in [-0.2, -0.15) is 0 Å². The highest BCUT2D eigenvalue weighted by Gasteiger charge is 2.16. The Balaban J connectivity index is 2.79. The average molecular weight is 221 g/mol. The summed E-state index contributed by atoms with van der Waals surface area (Å²) in [5, 5.41) is 0. The van der Waals surface area contributed by atoms with Gasteiger partial charge in [0.1, 0.15) is 6.04 Å². The summed E-state index contributed by atoms with van der Waals surface area (Å²) in [6.07, 6.45) is 1.02. The smallest absolute Gasteiger partial charge is 0.256 e. The molecule has 0 saturated carbocycles. The molecule has 0 aliphatic carbocycles. The monoisotopic (exact) mass is 221 g/mol. The lowest BCUT2D eigenvalue weighted by atomic mass is 10.1. The summed E-state index contributed by atoms with van der Waals surface area (Å²) in [6.45, 7) is 3.93. The summed E-state index contributed by atoms with van der Waals surface area (Å²) >= 11 is 0. The second-order valence-corrected chi connectivity index (χ2v) is 3.82. The number of carbonyl (C=O) groups is 1. The van der Waals surface area contributed by atoms with Crippen molar-refractivity contribution in [1.29, 1.82) is 0 Å². The van der Waals surface area contributed by atoms with Crippen molar-refractivity contribution >= 4 is 11.6 Å². The third-order valence-corrected chi connectivity index (χ3v) is 2.85. The van der Waals surface area contributed by atoms with Crippen molar-refractivity contribution in [3.05, 3.63) is 29.8 Å². The van der Waals surface area contributed by atoms with Crippen molar-refractivity contribution < 1.29 is 4.79 Å². The lowest BCUT2D eigenvalue weighted by Gasteiger charge is -2.25. The lowest BCUT2D eigenvalue weighted by molar-refractivity contribution is -0.122. The van der Waals surface area contributed by atoms with Crippen molar-refractivity contribution in [1.82, 2.24) is 5.43 Å². The summed E-state index contributed by atoms with van der Waals surface area (Å²) in [5.41, 5.74) is 4.45. The van der Waals surface area contributed by atoms with Crippen LogP contribution in [0.1, 0.15) is 19.4 Å². The van der Waals surface area contributed by atoms with E-state index >= 15 is 0 Å². The molecule has 4 heteroatoms. The molecule has 1 atom stereocenters. The molecule has 4 nitrogen and oxygen atoms in total. The van der Waals surface area contributed by atoms with Crippen molar-refractivity contribution in [2.24, 2.45) is 5.84 Å². The van der Waals surface area contributed by atoms with E-state index in [4.69, 9.17) is 5.84 Å². The normalized spacial score (nSPS) is 12.0. The first-order chi connectivity index (χ1) is 7.60. The van der Waals surface area contributed by atoms with Gasteiger partial charge in [0.25, 0.3) is 5.91 Å². The molecule has 0 fully saturated rings. The van der Waals surface area contributed by atoms with E-state index in [-0.39, 0.29) is 11.9 Å². The summed E-state index contributed by atoms with van der Waals surface area (Å²) in [4.78, 5) is 13.3. The van der Waals surface area contributed by atoms with E-state index in [9.17, 15) is 4.79 Å². The maximum Gasteiger partial charge on any atom is 0.256 e. The number of nitrogens with two attached hydrogens (primary N) is 1.